The van der Waals surface area contributed by atoms with Crippen LogP contribution in [0.15, 0.2) is 23.3 Å². The van der Waals surface area contributed by atoms with Gasteiger partial charge in [-0.1, -0.05) is 11.6 Å². The molecule has 0 heterocycles. The van der Waals surface area contributed by atoms with Gasteiger partial charge >= 0.3 is 12.0 Å². The van der Waals surface area contributed by atoms with E-state index in [1.807, 2.05) is 5.43 Å². The topological polar surface area (TPSA) is 114 Å². The normalized spacial score (nSPS) is 10.3. The molecule has 0 aliphatic carbocycles. The van der Waals surface area contributed by atoms with Gasteiger partial charge < -0.3 is 15.6 Å². The Hall–Kier alpha value is -2.28. The van der Waals surface area contributed by atoms with Gasteiger partial charge in [0.15, 0.2) is 6.61 Å². The number of primary amides is 1. The molecule has 0 saturated heterocycles. The summed E-state index contributed by atoms with van der Waals surface area (Å²) in [6, 6.07) is 3.72. The number of benzene rings is 1. The molecule has 96 valence electrons. The second-order valence-electron chi connectivity index (χ2n) is 3.10. The lowest BCUT2D eigenvalue weighted by molar-refractivity contribution is -0.139. The highest BCUT2D eigenvalue weighted by molar-refractivity contribution is 6.30. The molecule has 0 aromatic heterocycles. The smallest absolute Gasteiger partial charge is 0.341 e. The number of nitrogens with one attached hydrogen (secondary N) is 1. The van der Waals surface area contributed by atoms with Gasteiger partial charge in [-0.25, -0.2) is 15.0 Å². The van der Waals surface area contributed by atoms with Gasteiger partial charge in [0.1, 0.15) is 5.75 Å². The van der Waals surface area contributed by atoms with Crippen LogP contribution >= 0.6 is 11.6 Å². The first-order chi connectivity index (χ1) is 8.49. The van der Waals surface area contributed by atoms with Gasteiger partial charge in [0.25, 0.3) is 0 Å². The third-order valence-corrected chi connectivity index (χ3v) is 1.94. The van der Waals surface area contributed by atoms with Crippen LogP contribution < -0.4 is 15.9 Å². The molecule has 8 heteroatoms. The number of hydrogen-bond acceptors (Lipinski definition) is 4. The molecule has 0 aliphatic rings. The van der Waals surface area contributed by atoms with E-state index in [4.69, 9.17) is 27.2 Å². The molecule has 1 aromatic carbocycles. The molecule has 0 spiro atoms. The number of carbonyl (C=O) groups excluding carboxylic acids is 1. The van der Waals surface area contributed by atoms with Gasteiger partial charge in [0, 0.05) is 10.6 Å². The summed E-state index contributed by atoms with van der Waals surface area (Å²) in [4.78, 5) is 20.8. The number of carboxylic acids is 1. The van der Waals surface area contributed by atoms with Crippen LogP contribution in [0.25, 0.3) is 0 Å². The maximum absolute atomic E-state index is 10.4. The zero-order valence-corrected chi connectivity index (χ0v) is 9.85. The highest BCUT2D eigenvalue weighted by atomic mass is 35.5. The summed E-state index contributed by atoms with van der Waals surface area (Å²) in [5.41, 5.74) is 7.24. The SMILES string of the molecule is NC(=O)NN=Cc1cc(Cl)ccc1OCC(=O)O. The Morgan fingerprint density at radius 3 is 2.89 bits per heavy atom. The lowest BCUT2D eigenvalue weighted by Gasteiger charge is -2.06. The number of nitrogens with two attached hydrogens (primary N) is 1. The van der Waals surface area contributed by atoms with Crippen molar-refractivity contribution in [3.05, 3.63) is 28.8 Å². The van der Waals surface area contributed by atoms with Crippen LogP contribution in [0, 0.1) is 0 Å². The first-order valence-electron chi connectivity index (χ1n) is 4.71. The third kappa shape index (κ3) is 4.71. The lowest BCUT2D eigenvalue weighted by Crippen LogP contribution is -2.24. The van der Waals surface area contributed by atoms with Crippen molar-refractivity contribution in [2.75, 3.05) is 6.61 Å². The second-order valence-corrected chi connectivity index (χ2v) is 3.54. The number of nitrogens with zero attached hydrogens (tertiary/aromatic N) is 1. The molecule has 0 unspecified atom stereocenters. The largest absolute Gasteiger partial charge is 0.481 e. The average Bonchev–Trinajstić information content (AvgIpc) is 2.27. The maximum atomic E-state index is 10.4. The molecule has 2 amide bonds. The maximum Gasteiger partial charge on any atom is 0.341 e. The number of carboxylic acid groups (broad SMARTS) is 1. The standard InChI is InChI=1S/C10H10ClN3O4/c11-7-1-2-8(18-5-9(15)16)6(3-7)4-13-14-10(12)17/h1-4H,5H2,(H,15,16)(H3,12,14,17). The molecule has 0 radical (unpaired) electrons. The number of ether oxygens (including phenoxy) is 1. The summed E-state index contributed by atoms with van der Waals surface area (Å²) in [7, 11) is 0. The average molecular weight is 272 g/mol. The van der Waals surface area contributed by atoms with Crippen molar-refractivity contribution in [3.8, 4) is 5.75 Å². The highest BCUT2D eigenvalue weighted by Crippen LogP contribution is 2.21. The molecule has 0 fully saturated rings. The van der Waals surface area contributed by atoms with Crippen molar-refractivity contribution < 1.29 is 19.4 Å². The van der Waals surface area contributed by atoms with Crippen molar-refractivity contribution in [2.24, 2.45) is 10.8 Å². The van der Waals surface area contributed by atoms with Gasteiger partial charge in [-0.3, -0.25) is 0 Å². The molecular weight excluding hydrogens is 262 g/mol. The number of hydrogen-bond donors (Lipinski definition) is 3. The second kappa shape index (κ2) is 6.45. The number of amides is 2. The molecule has 1 rings (SSSR count). The monoisotopic (exact) mass is 271 g/mol. The van der Waals surface area contributed by atoms with Crippen molar-refractivity contribution in [2.45, 2.75) is 0 Å². The molecule has 0 atom stereocenters. The van der Waals surface area contributed by atoms with E-state index in [2.05, 4.69) is 5.10 Å². The summed E-state index contributed by atoms with van der Waals surface area (Å²) in [5, 5.41) is 12.5. The number of hydrazone groups is 1. The fourth-order valence-electron chi connectivity index (χ4n) is 1.06. The van der Waals surface area contributed by atoms with E-state index in [1.165, 1.54) is 24.4 Å². The summed E-state index contributed by atoms with van der Waals surface area (Å²) in [6.07, 6.45) is 1.24. The summed E-state index contributed by atoms with van der Waals surface area (Å²) in [5.74, 6) is -0.833. The van der Waals surface area contributed by atoms with Crippen molar-refractivity contribution >= 4 is 29.8 Å². The summed E-state index contributed by atoms with van der Waals surface area (Å²) < 4.78 is 5.02. The predicted molar refractivity (Wildman–Crippen MR) is 64.9 cm³/mol. The van der Waals surface area contributed by atoms with Gasteiger partial charge in [0.05, 0.1) is 6.21 Å². The van der Waals surface area contributed by atoms with Crippen LogP contribution in [-0.4, -0.2) is 29.9 Å². The third-order valence-electron chi connectivity index (χ3n) is 1.70. The van der Waals surface area contributed by atoms with Crippen molar-refractivity contribution in [1.82, 2.24) is 5.43 Å². The van der Waals surface area contributed by atoms with Crippen LogP contribution in [0.4, 0.5) is 4.79 Å². The quantitative estimate of drug-likeness (QED) is 0.543. The van der Waals surface area contributed by atoms with Crippen molar-refractivity contribution in [1.29, 1.82) is 0 Å². The fourth-order valence-corrected chi connectivity index (χ4v) is 1.24. The first kappa shape index (κ1) is 13.8. The van der Waals surface area contributed by atoms with E-state index in [0.29, 0.717) is 10.6 Å². The van der Waals surface area contributed by atoms with Crippen LogP contribution in [0.5, 0.6) is 5.75 Å². The zero-order chi connectivity index (χ0) is 13.5. The fraction of sp³-hybridized carbons (Fsp3) is 0.100. The van der Waals surface area contributed by atoms with Gasteiger partial charge in [-0.05, 0) is 18.2 Å². The van der Waals surface area contributed by atoms with Crippen molar-refractivity contribution in [3.63, 3.8) is 0 Å². The van der Waals surface area contributed by atoms with E-state index >= 15 is 0 Å². The summed E-state index contributed by atoms with van der Waals surface area (Å²) >= 11 is 5.78. The minimum Gasteiger partial charge on any atom is -0.481 e. The van der Waals surface area contributed by atoms with E-state index in [-0.39, 0.29) is 5.75 Å². The Morgan fingerprint density at radius 2 is 2.28 bits per heavy atom. The lowest BCUT2D eigenvalue weighted by atomic mass is 10.2. The Balaban J connectivity index is 2.85. The molecule has 0 saturated carbocycles. The molecule has 4 N–H and O–H groups in total. The summed E-state index contributed by atoms with van der Waals surface area (Å²) in [6.45, 7) is -0.494. The van der Waals surface area contributed by atoms with Crippen LogP contribution in [-0.2, 0) is 4.79 Å². The number of urea groups is 1. The van der Waals surface area contributed by atoms with E-state index < -0.39 is 18.6 Å². The molecule has 0 aliphatic heterocycles. The molecular formula is C10H10ClN3O4. The zero-order valence-electron chi connectivity index (χ0n) is 9.09. The number of halogens is 1. The molecule has 0 bridgehead atoms. The van der Waals surface area contributed by atoms with E-state index in [9.17, 15) is 9.59 Å². The number of carbonyl (C=O) groups is 2. The number of aliphatic carboxylic acids is 1. The molecule has 18 heavy (non-hydrogen) atoms. The van der Waals surface area contributed by atoms with Crippen LogP contribution in [0.3, 0.4) is 0 Å². The van der Waals surface area contributed by atoms with E-state index in [0.717, 1.165) is 0 Å². The molecule has 1 aromatic rings. The predicted octanol–water partition coefficient (Wildman–Crippen LogP) is 0.806. The minimum atomic E-state index is -1.11. The van der Waals surface area contributed by atoms with Gasteiger partial charge in [0.2, 0.25) is 0 Å². The first-order valence-corrected chi connectivity index (χ1v) is 5.09. The number of rotatable bonds is 5. The van der Waals surface area contributed by atoms with E-state index in [1.54, 1.807) is 0 Å². The Labute approximate surface area is 107 Å². The van der Waals surface area contributed by atoms with Gasteiger partial charge in [-0.2, -0.15) is 5.10 Å². The molecule has 7 nitrogen and oxygen atoms in total. The van der Waals surface area contributed by atoms with Crippen LogP contribution in [0.1, 0.15) is 5.56 Å². The Bertz CT molecular complexity index is 490. The van der Waals surface area contributed by atoms with Gasteiger partial charge in [-0.15, -0.1) is 0 Å². The minimum absolute atomic E-state index is 0.275. The Morgan fingerprint density at radius 1 is 1.56 bits per heavy atom. The Kier molecular flexibility index (Phi) is 4.94. The van der Waals surface area contributed by atoms with Crippen LogP contribution in [0.2, 0.25) is 5.02 Å². The highest BCUT2D eigenvalue weighted by Gasteiger charge is 2.05.